The van der Waals surface area contributed by atoms with Crippen LogP contribution in [0, 0.1) is 5.92 Å². The molecule has 0 radical (unpaired) electrons. The lowest BCUT2D eigenvalue weighted by Crippen LogP contribution is -2.38. The van der Waals surface area contributed by atoms with Gasteiger partial charge in [-0.1, -0.05) is 12.1 Å². The average molecular weight is 354 g/mol. The summed E-state index contributed by atoms with van der Waals surface area (Å²) in [5.41, 5.74) is 6.46. The van der Waals surface area contributed by atoms with E-state index in [1.165, 1.54) is 0 Å². The lowest BCUT2D eigenvalue weighted by Gasteiger charge is -2.18. The quantitative estimate of drug-likeness (QED) is 0.790. The number of amides is 2. The summed E-state index contributed by atoms with van der Waals surface area (Å²) >= 11 is 3.44. The minimum Gasteiger partial charge on any atom is -0.355 e. The van der Waals surface area contributed by atoms with E-state index in [1.807, 2.05) is 31.2 Å². The molecule has 114 valence electrons. The van der Waals surface area contributed by atoms with Gasteiger partial charge in [-0.15, -0.1) is 0 Å². The number of nitrogens with two attached hydrogens (primary N) is 1. The molecule has 2 atom stereocenters. The van der Waals surface area contributed by atoms with Crippen LogP contribution in [-0.4, -0.2) is 30.9 Å². The Morgan fingerprint density at radius 1 is 1.52 bits per heavy atom. The molecule has 1 heterocycles. The fraction of sp³-hybridized carbons (Fsp3) is 0.467. The van der Waals surface area contributed by atoms with Crippen molar-refractivity contribution in [2.24, 2.45) is 11.7 Å². The number of hydrogen-bond acceptors (Lipinski definition) is 3. The second kappa shape index (κ2) is 7.04. The summed E-state index contributed by atoms with van der Waals surface area (Å²) < 4.78 is 0.858. The topological polar surface area (TPSA) is 75.4 Å². The summed E-state index contributed by atoms with van der Waals surface area (Å²) in [7, 11) is 0. The largest absolute Gasteiger partial charge is 0.355 e. The molecule has 5 nitrogen and oxygen atoms in total. The molecule has 0 spiro atoms. The molecule has 2 rings (SSSR count). The number of carbonyl (C=O) groups is 2. The van der Waals surface area contributed by atoms with Crippen molar-refractivity contribution >= 4 is 33.4 Å². The third-order valence-corrected chi connectivity index (χ3v) is 4.23. The highest BCUT2D eigenvalue weighted by molar-refractivity contribution is 9.10. The van der Waals surface area contributed by atoms with Crippen LogP contribution < -0.4 is 16.0 Å². The van der Waals surface area contributed by atoms with Gasteiger partial charge in [-0.05, 0) is 47.8 Å². The molecule has 1 saturated heterocycles. The summed E-state index contributed by atoms with van der Waals surface area (Å²) in [6.45, 7) is 2.96. The molecule has 0 aromatic heterocycles. The van der Waals surface area contributed by atoms with Gasteiger partial charge in [-0.2, -0.15) is 0 Å². The van der Waals surface area contributed by atoms with Crippen LogP contribution in [0.4, 0.5) is 5.69 Å². The van der Waals surface area contributed by atoms with Gasteiger partial charge in [0.2, 0.25) is 11.8 Å². The number of hydrogen-bond donors (Lipinski definition) is 2. The van der Waals surface area contributed by atoms with Crippen LogP contribution in [0.3, 0.4) is 0 Å². The zero-order valence-corrected chi connectivity index (χ0v) is 13.6. The molecule has 1 fully saturated rings. The van der Waals surface area contributed by atoms with Crippen molar-refractivity contribution in [1.82, 2.24) is 5.32 Å². The van der Waals surface area contributed by atoms with Gasteiger partial charge in [0, 0.05) is 23.6 Å². The minimum absolute atomic E-state index is 0.0429. The number of carbonyl (C=O) groups excluding carboxylic acids is 2. The molecule has 3 N–H and O–H groups in total. The number of rotatable bonds is 5. The Morgan fingerprint density at radius 3 is 2.90 bits per heavy atom. The number of para-hydroxylation sites is 1. The highest BCUT2D eigenvalue weighted by Crippen LogP contribution is 2.31. The fourth-order valence-corrected chi connectivity index (χ4v) is 2.88. The first-order chi connectivity index (χ1) is 10.0. The summed E-state index contributed by atoms with van der Waals surface area (Å²) in [6.07, 6.45) is 1.25. The first kappa shape index (κ1) is 16.0. The van der Waals surface area contributed by atoms with Crippen molar-refractivity contribution in [3.8, 4) is 0 Å². The van der Waals surface area contributed by atoms with Crippen LogP contribution in [0.5, 0.6) is 0 Å². The second-order valence-corrected chi connectivity index (χ2v) is 6.19. The van der Waals surface area contributed by atoms with Gasteiger partial charge in [-0.3, -0.25) is 9.59 Å². The van der Waals surface area contributed by atoms with Gasteiger partial charge in [0.1, 0.15) is 5.92 Å². The van der Waals surface area contributed by atoms with Crippen LogP contribution >= 0.6 is 15.9 Å². The van der Waals surface area contributed by atoms with Crippen molar-refractivity contribution < 1.29 is 9.59 Å². The van der Waals surface area contributed by atoms with Crippen LogP contribution in [-0.2, 0) is 9.59 Å². The average Bonchev–Trinajstić information content (AvgIpc) is 2.80. The predicted molar refractivity (Wildman–Crippen MR) is 85.9 cm³/mol. The molecule has 6 heteroatoms. The number of benzene rings is 1. The Hall–Kier alpha value is -1.40. The van der Waals surface area contributed by atoms with E-state index in [4.69, 9.17) is 5.73 Å². The van der Waals surface area contributed by atoms with E-state index in [-0.39, 0.29) is 17.9 Å². The van der Waals surface area contributed by atoms with Crippen molar-refractivity contribution in [2.75, 3.05) is 18.0 Å². The van der Waals surface area contributed by atoms with E-state index in [0.29, 0.717) is 25.9 Å². The molecule has 2 unspecified atom stereocenters. The Balaban J connectivity index is 1.98. The fourth-order valence-electron chi connectivity index (χ4n) is 2.38. The maximum atomic E-state index is 12.4. The molecule has 21 heavy (non-hydrogen) atoms. The Morgan fingerprint density at radius 2 is 2.24 bits per heavy atom. The lowest BCUT2D eigenvalue weighted by atomic mass is 10.1. The second-order valence-electron chi connectivity index (χ2n) is 5.34. The Labute approximate surface area is 133 Å². The van der Waals surface area contributed by atoms with Crippen molar-refractivity contribution in [3.63, 3.8) is 0 Å². The van der Waals surface area contributed by atoms with E-state index in [1.54, 1.807) is 4.90 Å². The Kier molecular flexibility index (Phi) is 5.36. The lowest BCUT2D eigenvalue weighted by molar-refractivity contribution is -0.132. The third-order valence-electron chi connectivity index (χ3n) is 3.56. The molecule has 2 amide bonds. The van der Waals surface area contributed by atoms with Crippen LogP contribution in [0.1, 0.15) is 19.8 Å². The molecule has 1 aromatic carbocycles. The number of anilines is 1. The van der Waals surface area contributed by atoms with Crippen molar-refractivity contribution in [3.05, 3.63) is 28.7 Å². The summed E-state index contributed by atoms with van der Waals surface area (Å²) in [6, 6.07) is 7.58. The maximum Gasteiger partial charge on any atom is 0.239 e. The van der Waals surface area contributed by atoms with Gasteiger partial charge < -0.3 is 16.0 Å². The predicted octanol–water partition coefficient (Wildman–Crippen LogP) is 1.66. The Bertz CT molecular complexity index is 533. The molecule has 1 aliphatic heterocycles. The van der Waals surface area contributed by atoms with E-state index < -0.39 is 5.92 Å². The van der Waals surface area contributed by atoms with Crippen LogP contribution in [0.25, 0.3) is 0 Å². The van der Waals surface area contributed by atoms with Gasteiger partial charge in [0.15, 0.2) is 0 Å². The minimum atomic E-state index is -0.592. The number of nitrogens with zero attached hydrogens (tertiary/aromatic N) is 1. The highest BCUT2D eigenvalue weighted by Gasteiger charge is 2.37. The first-order valence-corrected chi connectivity index (χ1v) is 7.89. The normalized spacial score (nSPS) is 19.7. The van der Waals surface area contributed by atoms with Gasteiger partial charge in [0.25, 0.3) is 0 Å². The molecular formula is C15H20BrN3O2. The molecule has 0 saturated carbocycles. The molecule has 1 aromatic rings. The van der Waals surface area contributed by atoms with E-state index in [2.05, 4.69) is 21.2 Å². The van der Waals surface area contributed by atoms with Gasteiger partial charge in [0.05, 0.1) is 5.69 Å². The summed E-state index contributed by atoms with van der Waals surface area (Å²) in [5.74, 6) is -0.930. The molecule has 0 bridgehead atoms. The number of halogens is 1. The monoisotopic (exact) mass is 353 g/mol. The maximum absolute atomic E-state index is 12.4. The summed E-state index contributed by atoms with van der Waals surface area (Å²) in [5, 5.41) is 2.79. The standard InChI is InChI=1S/C15H20BrN3O2/c1-10(17)6-8-18-14(20)11-7-9-19(15(11)21)13-5-3-2-4-12(13)16/h2-5,10-11H,6-9,17H2,1H3,(H,18,20). The van der Waals surface area contributed by atoms with Gasteiger partial charge in [-0.25, -0.2) is 0 Å². The van der Waals surface area contributed by atoms with Crippen LogP contribution in [0.15, 0.2) is 28.7 Å². The van der Waals surface area contributed by atoms with Crippen molar-refractivity contribution in [2.45, 2.75) is 25.8 Å². The third kappa shape index (κ3) is 3.83. The van der Waals surface area contributed by atoms with E-state index >= 15 is 0 Å². The number of nitrogens with one attached hydrogen (secondary N) is 1. The smallest absolute Gasteiger partial charge is 0.239 e. The highest BCUT2D eigenvalue weighted by atomic mass is 79.9. The van der Waals surface area contributed by atoms with Crippen molar-refractivity contribution in [1.29, 1.82) is 0 Å². The first-order valence-electron chi connectivity index (χ1n) is 7.10. The van der Waals surface area contributed by atoms with Crippen LogP contribution in [0.2, 0.25) is 0 Å². The molecule has 0 aliphatic carbocycles. The van der Waals surface area contributed by atoms with Gasteiger partial charge >= 0.3 is 0 Å². The zero-order valence-electron chi connectivity index (χ0n) is 12.0. The SMILES string of the molecule is CC(N)CCNC(=O)C1CCN(c2ccccc2Br)C1=O. The zero-order chi connectivity index (χ0) is 15.4. The molecule has 1 aliphatic rings. The summed E-state index contributed by atoms with van der Waals surface area (Å²) in [4.78, 5) is 26.2. The van der Waals surface area contributed by atoms with E-state index in [0.717, 1.165) is 10.2 Å². The van der Waals surface area contributed by atoms with E-state index in [9.17, 15) is 9.59 Å². The molecular weight excluding hydrogens is 334 g/mol.